The Balaban J connectivity index is 4.05. The lowest BCUT2D eigenvalue weighted by molar-refractivity contribution is -0.121. The highest BCUT2D eigenvalue weighted by Gasteiger charge is 2.22. The lowest BCUT2D eigenvalue weighted by Crippen LogP contribution is -2.39. The van der Waals surface area contributed by atoms with Gasteiger partial charge in [-0.05, 0) is 12.3 Å². The highest BCUT2D eigenvalue weighted by atomic mass is 31.2. The molecular formula is C6H15N2O4P. The smallest absolute Gasteiger partial charge is 0.320 e. The minimum absolute atomic E-state index is 0.206. The summed E-state index contributed by atoms with van der Waals surface area (Å²) in [6.07, 6.45) is 0.395. The van der Waals surface area contributed by atoms with E-state index >= 15 is 0 Å². The van der Waals surface area contributed by atoms with Crippen LogP contribution in [0.25, 0.3) is 0 Å². The lowest BCUT2D eigenvalue weighted by atomic mass is 10.0. The molecular weight excluding hydrogens is 195 g/mol. The first-order valence-electron chi connectivity index (χ1n) is 3.85. The predicted octanol–water partition coefficient (Wildman–Crippen LogP) is -0.431. The average Bonchev–Trinajstić information content (AvgIpc) is 1.81. The molecule has 0 aliphatic rings. The summed E-state index contributed by atoms with van der Waals surface area (Å²) in [5, 5.41) is 1.53. The van der Waals surface area contributed by atoms with E-state index in [9.17, 15) is 9.36 Å². The highest BCUT2D eigenvalue weighted by Crippen LogP contribution is 2.28. The van der Waals surface area contributed by atoms with Gasteiger partial charge >= 0.3 is 7.75 Å². The quantitative estimate of drug-likeness (QED) is 0.470. The van der Waals surface area contributed by atoms with Gasteiger partial charge in [-0.1, -0.05) is 13.8 Å². The standard InChI is InChI=1S/C6H15N2O4P/c1-4(2)3-5(7)6(9)8-13(10,11)12/h4-5H,3,7H2,1-2H3,(H3,8,9,10,11,12)/t5-/m0/s1. The fraction of sp³-hybridized carbons (Fsp3) is 0.833. The van der Waals surface area contributed by atoms with Gasteiger partial charge in [0.05, 0.1) is 6.04 Å². The van der Waals surface area contributed by atoms with E-state index in [4.69, 9.17) is 15.5 Å². The second-order valence-corrected chi connectivity index (χ2v) is 4.57. The second kappa shape index (κ2) is 4.72. The van der Waals surface area contributed by atoms with Gasteiger partial charge in [-0.2, -0.15) is 0 Å². The Morgan fingerprint density at radius 3 is 2.31 bits per heavy atom. The zero-order valence-electron chi connectivity index (χ0n) is 7.60. The molecule has 0 heterocycles. The van der Waals surface area contributed by atoms with Gasteiger partial charge in [0.2, 0.25) is 5.91 Å². The second-order valence-electron chi connectivity index (χ2n) is 3.26. The average molecular weight is 210 g/mol. The summed E-state index contributed by atoms with van der Waals surface area (Å²) < 4.78 is 10.3. The Kier molecular flexibility index (Phi) is 4.56. The van der Waals surface area contributed by atoms with Crippen LogP contribution >= 0.6 is 7.75 Å². The van der Waals surface area contributed by atoms with E-state index in [1.807, 2.05) is 13.8 Å². The monoisotopic (exact) mass is 210 g/mol. The van der Waals surface area contributed by atoms with Crippen molar-refractivity contribution >= 4 is 13.7 Å². The van der Waals surface area contributed by atoms with Crippen LogP contribution in [0.3, 0.4) is 0 Å². The molecule has 0 radical (unpaired) electrons. The topological polar surface area (TPSA) is 113 Å². The Labute approximate surface area is 76.7 Å². The van der Waals surface area contributed by atoms with E-state index in [2.05, 4.69) is 0 Å². The van der Waals surface area contributed by atoms with Crippen LogP contribution in [0, 0.1) is 5.92 Å². The number of nitrogens with two attached hydrogens (primary N) is 1. The largest absolute Gasteiger partial charge is 0.429 e. The first-order valence-corrected chi connectivity index (χ1v) is 5.47. The van der Waals surface area contributed by atoms with Crippen molar-refractivity contribution in [3.8, 4) is 0 Å². The summed E-state index contributed by atoms with van der Waals surface area (Å²) in [5.74, 6) is -0.612. The molecule has 0 aliphatic carbocycles. The van der Waals surface area contributed by atoms with Gasteiger partial charge in [0.15, 0.2) is 0 Å². The number of nitrogens with one attached hydrogen (secondary N) is 1. The molecule has 0 aromatic rings. The zero-order chi connectivity index (χ0) is 10.6. The number of carbonyl (C=O) groups excluding carboxylic acids is 1. The molecule has 7 heteroatoms. The van der Waals surface area contributed by atoms with Gasteiger partial charge in [0, 0.05) is 0 Å². The molecule has 0 aromatic carbocycles. The summed E-state index contributed by atoms with van der Waals surface area (Å²) in [6.45, 7) is 3.73. The molecule has 0 bridgehead atoms. The fourth-order valence-corrected chi connectivity index (χ4v) is 1.29. The van der Waals surface area contributed by atoms with E-state index in [1.54, 1.807) is 0 Å². The molecule has 0 spiro atoms. The van der Waals surface area contributed by atoms with Crippen LogP contribution in [0.2, 0.25) is 0 Å². The first kappa shape index (κ1) is 12.6. The molecule has 78 valence electrons. The van der Waals surface area contributed by atoms with Gasteiger partial charge in [0.25, 0.3) is 0 Å². The molecule has 0 aromatic heterocycles. The van der Waals surface area contributed by atoms with Crippen LogP contribution in [0.15, 0.2) is 0 Å². The predicted molar refractivity (Wildman–Crippen MR) is 47.6 cm³/mol. The molecule has 0 rings (SSSR count). The number of hydrogen-bond donors (Lipinski definition) is 4. The molecule has 13 heavy (non-hydrogen) atoms. The van der Waals surface area contributed by atoms with Crippen molar-refractivity contribution in [1.82, 2.24) is 5.09 Å². The van der Waals surface area contributed by atoms with Crippen molar-refractivity contribution in [2.75, 3.05) is 0 Å². The summed E-state index contributed by atoms with van der Waals surface area (Å²) in [7, 11) is -4.50. The molecule has 0 saturated heterocycles. The maximum Gasteiger partial charge on any atom is 0.429 e. The summed E-state index contributed by atoms with van der Waals surface area (Å²) in [4.78, 5) is 27.8. The third-order valence-corrected chi connectivity index (χ3v) is 1.83. The van der Waals surface area contributed by atoms with Crippen LogP contribution in [0.5, 0.6) is 0 Å². The lowest BCUT2D eigenvalue weighted by Gasteiger charge is -2.14. The van der Waals surface area contributed by atoms with Crippen molar-refractivity contribution in [3.05, 3.63) is 0 Å². The van der Waals surface area contributed by atoms with Crippen molar-refractivity contribution < 1.29 is 19.1 Å². The summed E-state index contributed by atoms with van der Waals surface area (Å²) in [6, 6.07) is -0.868. The van der Waals surface area contributed by atoms with E-state index in [0.29, 0.717) is 6.42 Å². The van der Waals surface area contributed by atoms with Crippen molar-refractivity contribution in [2.24, 2.45) is 11.7 Å². The molecule has 1 amide bonds. The van der Waals surface area contributed by atoms with E-state index < -0.39 is 19.7 Å². The van der Waals surface area contributed by atoms with Crippen LogP contribution in [-0.4, -0.2) is 21.7 Å². The SMILES string of the molecule is CC(C)C[C@H](N)C(=O)NP(=O)(O)O. The molecule has 0 aliphatic heterocycles. The first-order chi connectivity index (χ1) is 5.72. The third-order valence-electron chi connectivity index (χ3n) is 1.32. The molecule has 0 fully saturated rings. The Bertz CT molecular complexity index is 225. The van der Waals surface area contributed by atoms with Gasteiger partial charge in [-0.15, -0.1) is 0 Å². The number of hydrogen-bond acceptors (Lipinski definition) is 3. The number of carbonyl (C=O) groups is 1. The Hall–Kier alpha value is -0.420. The fourth-order valence-electron chi connectivity index (χ4n) is 0.841. The van der Waals surface area contributed by atoms with Crippen LogP contribution in [0.4, 0.5) is 0 Å². The molecule has 0 unspecified atom stereocenters. The third kappa shape index (κ3) is 6.72. The molecule has 5 N–H and O–H groups in total. The van der Waals surface area contributed by atoms with Gasteiger partial charge < -0.3 is 15.5 Å². The van der Waals surface area contributed by atoms with E-state index in [0.717, 1.165) is 0 Å². The normalized spacial score (nSPS) is 14.3. The Morgan fingerprint density at radius 1 is 1.54 bits per heavy atom. The minimum atomic E-state index is -4.50. The summed E-state index contributed by atoms with van der Waals surface area (Å²) >= 11 is 0. The van der Waals surface area contributed by atoms with Crippen LogP contribution in [0.1, 0.15) is 20.3 Å². The molecule has 6 nitrogen and oxygen atoms in total. The zero-order valence-corrected chi connectivity index (χ0v) is 8.49. The van der Waals surface area contributed by atoms with Crippen molar-refractivity contribution in [2.45, 2.75) is 26.3 Å². The molecule has 0 saturated carbocycles. The van der Waals surface area contributed by atoms with Crippen molar-refractivity contribution in [3.63, 3.8) is 0 Å². The Morgan fingerprint density at radius 2 is 2.00 bits per heavy atom. The molecule has 1 atom stereocenters. The van der Waals surface area contributed by atoms with E-state index in [1.165, 1.54) is 5.09 Å². The van der Waals surface area contributed by atoms with Crippen LogP contribution < -0.4 is 10.8 Å². The maximum absolute atomic E-state index is 11.0. The van der Waals surface area contributed by atoms with Gasteiger partial charge in [0.1, 0.15) is 0 Å². The number of rotatable bonds is 4. The van der Waals surface area contributed by atoms with Gasteiger partial charge in [-0.25, -0.2) is 4.57 Å². The van der Waals surface area contributed by atoms with E-state index in [-0.39, 0.29) is 5.92 Å². The van der Waals surface area contributed by atoms with Crippen molar-refractivity contribution in [1.29, 1.82) is 0 Å². The van der Waals surface area contributed by atoms with Gasteiger partial charge in [-0.3, -0.25) is 9.88 Å². The minimum Gasteiger partial charge on any atom is -0.320 e. The number of amides is 1. The summed E-state index contributed by atoms with van der Waals surface area (Å²) in [5.41, 5.74) is 5.37. The highest BCUT2D eigenvalue weighted by molar-refractivity contribution is 7.50. The van der Waals surface area contributed by atoms with Crippen LogP contribution in [-0.2, 0) is 9.36 Å². The maximum atomic E-state index is 11.0.